The largest absolute Gasteiger partial charge is 0.419 e. The molecule has 5 nitrogen and oxygen atoms in total. The second kappa shape index (κ2) is 5.08. The van der Waals surface area contributed by atoms with Crippen LogP contribution in [0.15, 0.2) is 20.3 Å². The van der Waals surface area contributed by atoms with Gasteiger partial charge in [0.2, 0.25) is 5.89 Å². The zero-order valence-electron chi connectivity index (χ0n) is 9.89. The molecule has 0 unspecified atom stereocenters. The van der Waals surface area contributed by atoms with Gasteiger partial charge in [0.05, 0.1) is 15.2 Å². The summed E-state index contributed by atoms with van der Waals surface area (Å²) in [5.41, 5.74) is 0. The van der Waals surface area contributed by atoms with E-state index in [2.05, 4.69) is 43.4 Å². The molecule has 18 heavy (non-hydrogen) atoms. The number of thiophene rings is 1. The van der Waals surface area contributed by atoms with Crippen LogP contribution in [0.2, 0.25) is 0 Å². The normalized spacial score (nSPS) is 16.2. The molecule has 1 aliphatic rings. The molecule has 96 valence electrons. The highest BCUT2D eigenvalue weighted by atomic mass is 79.9. The van der Waals surface area contributed by atoms with Crippen LogP contribution in [-0.4, -0.2) is 41.3 Å². The summed E-state index contributed by atoms with van der Waals surface area (Å²) in [6.07, 6.45) is 0. The number of nitrogens with zero attached hydrogens (tertiary/aromatic N) is 3. The summed E-state index contributed by atoms with van der Waals surface area (Å²) < 4.78 is 6.74. The lowest BCUT2D eigenvalue weighted by atomic mass is 10.1. The Bertz CT molecular complexity index is 537. The zero-order valence-corrected chi connectivity index (χ0v) is 12.3. The van der Waals surface area contributed by atoms with Gasteiger partial charge in [-0.3, -0.25) is 4.90 Å². The van der Waals surface area contributed by atoms with E-state index in [1.165, 1.54) is 0 Å². The van der Waals surface area contributed by atoms with Crippen LogP contribution in [0, 0.1) is 0 Å². The van der Waals surface area contributed by atoms with Crippen LogP contribution >= 0.6 is 27.3 Å². The minimum absolute atomic E-state index is 0.580. The van der Waals surface area contributed by atoms with Crippen molar-refractivity contribution in [3.63, 3.8) is 0 Å². The summed E-state index contributed by atoms with van der Waals surface area (Å²) in [6.45, 7) is 2.77. The minimum Gasteiger partial charge on any atom is -0.419 e. The summed E-state index contributed by atoms with van der Waals surface area (Å²) >= 11 is 5.02. The molecule has 2 aromatic heterocycles. The lowest BCUT2D eigenvalue weighted by molar-refractivity contribution is 0.160. The molecule has 0 aliphatic carbocycles. The Morgan fingerprint density at radius 3 is 2.94 bits per heavy atom. The lowest BCUT2D eigenvalue weighted by Gasteiger charge is -2.34. The topological polar surface area (TPSA) is 54.2 Å². The molecule has 1 fully saturated rings. The second-order valence-corrected chi connectivity index (χ2v) is 6.79. The molecule has 0 amide bonds. The molecule has 0 spiro atoms. The fourth-order valence-corrected chi connectivity index (χ4v) is 3.08. The molecule has 3 heterocycles. The average Bonchev–Trinajstić information content (AvgIpc) is 2.84. The minimum atomic E-state index is 0.580. The number of hydrogen-bond acceptors (Lipinski definition) is 6. The van der Waals surface area contributed by atoms with Crippen LogP contribution in [0.3, 0.4) is 0 Å². The zero-order chi connectivity index (χ0) is 12.5. The lowest BCUT2D eigenvalue weighted by Crippen LogP contribution is -2.55. The molecule has 0 radical (unpaired) electrons. The predicted octanol–water partition coefficient (Wildman–Crippen LogP) is 1.96. The number of halogens is 1. The van der Waals surface area contributed by atoms with E-state index >= 15 is 0 Å². The molecule has 7 heteroatoms. The van der Waals surface area contributed by atoms with Gasteiger partial charge in [-0.15, -0.1) is 21.5 Å². The van der Waals surface area contributed by atoms with Crippen molar-refractivity contribution in [1.29, 1.82) is 0 Å². The Hall–Kier alpha value is -0.760. The first-order chi connectivity index (χ1) is 8.72. The van der Waals surface area contributed by atoms with Crippen molar-refractivity contribution in [1.82, 2.24) is 20.4 Å². The van der Waals surface area contributed by atoms with Crippen molar-refractivity contribution in [3.05, 3.63) is 21.8 Å². The Morgan fingerprint density at radius 1 is 1.50 bits per heavy atom. The average molecular weight is 329 g/mol. The highest BCUT2D eigenvalue weighted by molar-refractivity contribution is 9.11. The van der Waals surface area contributed by atoms with Crippen LogP contribution in [0.25, 0.3) is 10.8 Å². The van der Waals surface area contributed by atoms with Crippen LogP contribution < -0.4 is 5.32 Å². The maximum Gasteiger partial charge on any atom is 0.257 e. The molecule has 1 saturated heterocycles. The number of rotatable bonds is 4. The third kappa shape index (κ3) is 2.49. The Kier molecular flexibility index (Phi) is 3.47. The molecular formula is C11H13BrN4OS. The monoisotopic (exact) mass is 328 g/mol. The van der Waals surface area contributed by atoms with Crippen molar-refractivity contribution in [3.8, 4) is 10.8 Å². The molecule has 0 atom stereocenters. The van der Waals surface area contributed by atoms with Crippen LogP contribution in [-0.2, 0) is 6.54 Å². The van der Waals surface area contributed by atoms with Gasteiger partial charge in [-0.2, -0.15) is 0 Å². The van der Waals surface area contributed by atoms with E-state index in [4.69, 9.17) is 4.42 Å². The Morgan fingerprint density at radius 2 is 2.33 bits per heavy atom. The van der Waals surface area contributed by atoms with E-state index < -0.39 is 0 Å². The third-order valence-corrected chi connectivity index (χ3v) is 4.63. The summed E-state index contributed by atoms with van der Waals surface area (Å²) in [7, 11) is 2.08. The number of hydrogen-bond donors (Lipinski definition) is 1. The van der Waals surface area contributed by atoms with Crippen molar-refractivity contribution in [2.75, 3.05) is 20.1 Å². The highest BCUT2D eigenvalue weighted by Gasteiger charge is 2.23. The first-order valence-electron chi connectivity index (χ1n) is 5.71. The first kappa shape index (κ1) is 12.3. The van der Waals surface area contributed by atoms with Crippen molar-refractivity contribution in [2.24, 2.45) is 0 Å². The van der Waals surface area contributed by atoms with E-state index in [9.17, 15) is 0 Å². The molecule has 0 aromatic carbocycles. The van der Waals surface area contributed by atoms with Gasteiger partial charge >= 0.3 is 0 Å². The standard InChI is InChI=1S/C11H13BrN4OS/c1-16(7-4-13-5-7)6-10-14-15-11(17-10)8-2-3-9(12)18-8/h2-3,7,13H,4-6H2,1H3. The van der Waals surface area contributed by atoms with Gasteiger partial charge in [-0.05, 0) is 35.1 Å². The smallest absolute Gasteiger partial charge is 0.257 e. The second-order valence-electron chi connectivity index (χ2n) is 4.33. The molecule has 2 aromatic rings. The summed E-state index contributed by atoms with van der Waals surface area (Å²) in [5.74, 6) is 1.27. The SMILES string of the molecule is CN(Cc1nnc(-c2ccc(Br)s2)o1)C1CNC1. The fraction of sp³-hybridized carbons (Fsp3) is 0.455. The van der Waals surface area contributed by atoms with Crippen molar-refractivity contribution in [2.45, 2.75) is 12.6 Å². The van der Waals surface area contributed by atoms with Gasteiger partial charge in [-0.25, -0.2) is 0 Å². The molecule has 3 rings (SSSR count). The molecular weight excluding hydrogens is 316 g/mol. The van der Waals surface area contributed by atoms with Gasteiger partial charge in [0.1, 0.15) is 0 Å². The van der Waals surface area contributed by atoms with E-state index in [1.54, 1.807) is 11.3 Å². The molecule has 0 bridgehead atoms. The van der Waals surface area contributed by atoms with Gasteiger partial charge < -0.3 is 9.73 Å². The molecule has 1 N–H and O–H groups in total. The quantitative estimate of drug-likeness (QED) is 0.929. The van der Waals surface area contributed by atoms with Crippen LogP contribution in [0.5, 0.6) is 0 Å². The highest BCUT2D eigenvalue weighted by Crippen LogP contribution is 2.30. The van der Waals surface area contributed by atoms with Gasteiger partial charge in [0, 0.05) is 19.1 Å². The Balaban J connectivity index is 1.69. The van der Waals surface area contributed by atoms with Crippen LogP contribution in [0.1, 0.15) is 5.89 Å². The van der Waals surface area contributed by atoms with Gasteiger partial charge in [0.15, 0.2) is 0 Å². The number of nitrogens with one attached hydrogen (secondary N) is 1. The maximum absolute atomic E-state index is 5.68. The number of aromatic nitrogens is 2. The van der Waals surface area contributed by atoms with E-state index in [1.807, 2.05) is 12.1 Å². The Labute approximate surface area is 117 Å². The summed E-state index contributed by atoms with van der Waals surface area (Å²) in [6, 6.07) is 4.54. The van der Waals surface area contributed by atoms with E-state index in [0.29, 0.717) is 24.4 Å². The third-order valence-electron chi connectivity index (χ3n) is 3.02. The summed E-state index contributed by atoms with van der Waals surface area (Å²) in [4.78, 5) is 3.23. The predicted molar refractivity (Wildman–Crippen MR) is 73.4 cm³/mol. The molecule has 0 saturated carbocycles. The van der Waals surface area contributed by atoms with Gasteiger partial charge in [-0.1, -0.05) is 0 Å². The fourth-order valence-electron chi connectivity index (χ4n) is 1.77. The van der Waals surface area contributed by atoms with E-state index in [0.717, 1.165) is 21.8 Å². The van der Waals surface area contributed by atoms with Crippen molar-refractivity contribution >= 4 is 27.3 Å². The van der Waals surface area contributed by atoms with Gasteiger partial charge in [0.25, 0.3) is 5.89 Å². The summed E-state index contributed by atoms with van der Waals surface area (Å²) in [5, 5.41) is 11.4. The van der Waals surface area contributed by atoms with E-state index in [-0.39, 0.29) is 0 Å². The van der Waals surface area contributed by atoms with Crippen molar-refractivity contribution < 1.29 is 4.42 Å². The maximum atomic E-state index is 5.68. The van der Waals surface area contributed by atoms with Crippen LogP contribution in [0.4, 0.5) is 0 Å². The molecule has 1 aliphatic heterocycles. The first-order valence-corrected chi connectivity index (χ1v) is 7.32. The number of likely N-dealkylation sites (N-methyl/N-ethyl adjacent to an activating group) is 1.